The topological polar surface area (TPSA) is 71.3 Å². The van der Waals surface area contributed by atoms with Crippen molar-refractivity contribution >= 4 is 33.7 Å². The van der Waals surface area contributed by atoms with E-state index in [0.717, 1.165) is 31.1 Å². The molecule has 0 aliphatic carbocycles. The van der Waals surface area contributed by atoms with Gasteiger partial charge in [0, 0.05) is 17.3 Å². The Morgan fingerprint density at radius 1 is 1.19 bits per heavy atom. The maximum absolute atomic E-state index is 12.4. The van der Waals surface area contributed by atoms with Crippen LogP contribution in [0.3, 0.4) is 0 Å². The van der Waals surface area contributed by atoms with Gasteiger partial charge in [0.15, 0.2) is 15.9 Å². The van der Waals surface area contributed by atoms with E-state index in [-0.39, 0.29) is 5.91 Å². The Hall–Kier alpha value is -2.03. The van der Waals surface area contributed by atoms with Crippen LogP contribution < -0.4 is 5.32 Å². The number of likely N-dealkylation sites (tertiary alicyclic amines) is 1. The number of anilines is 1. The van der Waals surface area contributed by atoms with Gasteiger partial charge < -0.3 is 4.42 Å². The number of nitrogens with zero attached hydrogens (tertiary/aromatic N) is 3. The second-order valence-electron chi connectivity index (χ2n) is 6.38. The first kappa shape index (κ1) is 17.4. The standard InChI is InChI=1S/C18H20N4O2S2/c1-12-5-6-15(24-12)17-20-14(11-25-17)16(23)21-18-19-13(10-26-18)9-22-7-3-2-4-8-22/h5-6,10-11H,2-4,7-9H2,1H3,(H,19,21,23). The van der Waals surface area contributed by atoms with Crippen molar-refractivity contribution in [3.63, 3.8) is 0 Å². The highest BCUT2D eigenvalue weighted by molar-refractivity contribution is 7.14. The second kappa shape index (κ2) is 7.69. The number of hydrogen-bond donors (Lipinski definition) is 1. The predicted molar refractivity (Wildman–Crippen MR) is 104 cm³/mol. The number of rotatable bonds is 5. The SMILES string of the molecule is Cc1ccc(-c2nc(C(=O)Nc3nc(CN4CCCCC4)cs3)cs2)o1. The summed E-state index contributed by atoms with van der Waals surface area (Å²) in [7, 11) is 0. The molecule has 3 aromatic heterocycles. The maximum atomic E-state index is 12.4. The molecule has 136 valence electrons. The van der Waals surface area contributed by atoms with Crippen LogP contribution in [0.1, 0.15) is 41.2 Å². The Kier molecular flexibility index (Phi) is 5.14. The molecule has 4 rings (SSSR count). The quantitative estimate of drug-likeness (QED) is 0.701. The van der Waals surface area contributed by atoms with Crippen molar-refractivity contribution in [1.29, 1.82) is 0 Å². The first-order valence-electron chi connectivity index (χ1n) is 8.68. The van der Waals surface area contributed by atoms with Gasteiger partial charge in [-0.05, 0) is 45.0 Å². The number of aromatic nitrogens is 2. The zero-order valence-corrected chi connectivity index (χ0v) is 16.2. The number of thiazole rings is 2. The van der Waals surface area contributed by atoms with Gasteiger partial charge in [0.1, 0.15) is 11.5 Å². The monoisotopic (exact) mass is 388 g/mol. The van der Waals surface area contributed by atoms with Gasteiger partial charge in [-0.3, -0.25) is 15.0 Å². The molecule has 1 aliphatic rings. The molecule has 26 heavy (non-hydrogen) atoms. The minimum atomic E-state index is -0.241. The molecule has 3 aromatic rings. The van der Waals surface area contributed by atoms with Crippen LogP contribution in [0.4, 0.5) is 5.13 Å². The summed E-state index contributed by atoms with van der Waals surface area (Å²) >= 11 is 2.85. The summed E-state index contributed by atoms with van der Waals surface area (Å²) in [5.74, 6) is 1.27. The third-order valence-electron chi connectivity index (χ3n) is 4.29. The first-order valence-corrected chi connectivity index (χ1v) is 10.4. The molecular formula is C18H20N4O2S2. The minimum Gasteiger partial charge on any atom is -0.459 e. The largest absolute Gasteiger partial charge is 0.459 e. The lowest BCUT2D eigenvalue weighted by atomic mass is 10.1. The van der Waals surface area contributed by atoms with Gasteiger partial charge in [0.05, 0.1) is 5.69 Å². The van der Waals surface area contributed by atoms with Gasteiger partial charge in [-0.25, -0.2) is 9.97 Å². The number of furan rings is 1. The van der Waals surface area contributed by atoms with Crippen LogP contribution >= 0.6 is 22.7 Å². The van der Waals surface area contributed by atoms with Crippen LogP contribution in [-0.4, -0.2) is 33.9 Å². The number of hydrogen-bond acceptors (Lipinski definition) is 7. The molecule has 0 spiro atoms. The van der Waals surface area contributed by atoms with Crippen LogP contribution in [0.25, 0.3) is 10.8 Å². The Morgan fingerprint density at radius 2 is 2.04 bits per heavy atom. The molecule has 1 fully saturated rings. The van der Waals surface area contributed by atoms with Crippen molar-refractivity contribution in [3.8, 4) is 10.8 Å². The fourth-order valence-corrected chi connectivity index (χ4v) is 4.44. The number of nitrogens with one attached hydrogen (secondary N) is 1. The average molecular weight is 389 g/mol. The van der Waals surface area contributed by atoms with Crippen molar-refractivity contribution in [3.05, 3.63) is 40.0 Å². The Morgan fingerprint density at radius 3 is 2.81 bits per heavy atom. The maximum Gasteiger partial charge on any atom is 0.276 e. The second-order valence-corrected chi connectivity index (χ2v) is 8.10. The molecule has 1 N–H and O–H groups in total. The van der Waals surface area contributed by atoms with E-state index < -0.39 is 0 Å². The molecule has 1 amide bonds. The van der Waals surface area contributed by atoms with Gasteiger partial charge >= 0.3 is 0 Å². The van der Waals surface area contributed by atoms with Gasteiger partial charge in [-0.1, -0.05) is 6.42 Å². The highest BCUT2D eigenvalue weighted by Gasteiger charge is 2.16. The molecule has 0 aromatic carbocycles. The molecule has 1 saturated heterocycles. The van der Waals surface area contributed by atoms with Crippen molar-refractivity contribution in [1.82, 2.24) is 14.9 Å². The summed E-state index contributed by atoms with van der Waals surface area (Å²) in [6.07, 6.45) is 3.84. The van der Waals surface area contributed by atoms with E-state index in [0.29, 0.717) is 21.6 Å². The highest BCUT2D eigenvalue weighted by Crippen LogP contribution is 2.26. The lowest BCUT2D eigenvalue weighted by molar-refractivity contribution is 0.102. The first-order chi connectivity index (χ1) is 12.7. The van der Waals surface area contributed by atoms with E-state index in [9.17, 15) is 4.79 Å². The van der Waals surface area contributed by atoms with E-state index in [1.54, 1.807) is 5.38 Å². The van der Waals surface area contributed by atoms with Crippen molar-refractivity contribution in [2.45, 2.75) is 32.7 Å². The van der Waals surface area contributed by atoms with Crippen LogP contribution in [0.15, 0.2) is 27.3 Å². The number of amides is 1. The van der Waals surface area contributed by atoms with Gasteiger partial charge in [0.2, 0.25) is 0 Å². The third-order valence-corrected chi connectivity index (χ3v) is 5.96. The summed E-state index contributed by atoms with van der Waals surface area (Å²) in [5, 5.41) is 7.92. The van der Waals surface area contributed by atoms with E-state index in [1.807, 2.05) is 24.4 Å². The van der Waals surface area contributed by atoms with Crippen molar-refractivity contribution < 1.29 is 9.21 Å². The average Bonchev–Trinajstić information content (AvgIpc) is 3.37. The molecule has 0 unspecified atom stereocenters. The van der Waals surface area contributed by atoms with Crippen LogP contribution in [-0.2, 0) is 6.54 Å². The third kappa shape index (κ3) is 4.03. The molecule has 1 aliphatic heterocycles. The van der Waals surface area contributed by atoms with Crippen molar-refractivity contribution in [2.75, 3.05) is 18.4 Å². The van der Waals surface area contributed by atoms with E-state index in [1.165, 1.54) is 41.9 Å². The summed E-state index contributed by atoms with van der Waals surface area (Å²) in [6.45, 7) is 5.00. The van der Waals surface area contributed by atoms with Crippen LogP contribution in [0, 0.1) is 6.92 Å². The fraction of sp³-hybridized carbons (Fsp3) is 0.389. The minimum absolute atomic E-state index is 0.241. The molecular weight excluding hydrogens is 368 g/mol. The molecule has 0 atom stereocenters. The fourth-order valence-electron chi connectivity index (χ4n) is 2.99. The number of piperidine rings is 1. The molecule has 4 heterocycles. The lowest BCUT2D eigenvalue weighted by Gasteiger charge is -2.25. The number of aryl methyl sites for hydroxylation is 1. The van der Waals surface area contributed by atoms with Gasteiger partial charge in [-0.15, -0.1) is 22.7 Å². The number of carbonyl (C=O) groups excluding carboxylic acids is 1. The zero-order valence-electron chi connectivity index (χ0n) is 14.5. The molecule has 0 radical (unpaired) electrons. The summed E-state index contributed by atoms with van der Waals surface area (Å²) < 4.78 is 5.56. The van der Waals surface area contributed by atoms with Gasteiger partial charge in [0.25, 0.3) is 5.91 Å². The molecule has 8 heteroatoms. The lowest BCUT2D eigenvalue weighted by Crippen LogP contribution is -2.29. The molecule has 6 nitrogen and oxygen atoms in total. The normalized spacial score (nSPS) is 15.3. The summed E-state index contributed by atoms with van der Waals surface area (Å²) in [6, 6.07) is 3.75. The Bertz CT molecular complexity index is 893. The highest BCUT2D eigenvalue weighted by atomic mass is 32.1. The predicted octanol–water partition coefficient (Wildman–Crippen LogP) is 4.41. The molecule has 0 saturated carbocycles. The summed E-state index contributed by atoms with van der Waals surface area (Å²) in [5.41, 5.74) is 1.39. The zero-order chi connectivity index (χ0) is 17.9. The molecule has 0 bridgehead atoms. The van der Waals surface area contributed by atoms with Crippen LogP contribution in [0.5, 0.6) is 0 Å². The number of carbonyl (C=O) groups is 1. The summed E-state index contributed by atoms with van der Waals surface area (Å²) in [4.78, 5) is 23.8. The van der Waals surface area contributed by atoms with Crippen LogP contribution in [0.2, 0.25) is 0 Å². The smallest absolute Gasteiger partial charge is 0.276 e. The Balaban J connectivity index is 1.38. The van der Waals surface area contributed by atoms with E-state index in [4.69, 9.17) is 4.42 Å². The van der Waals surface area contributed by atoms with E-state index in [2.05, 4.69) is 20.2 Å². The Labute approximate surface area is 159 Å². The van der Waals surface area contributed by atoms with Crippen molar-refractivity contribution in [2.24, 2.45) is 0 Å². The van der Waals surface area contributed by atoms with E-state index >= 15 is 0 Å². The van der Waals surface area contributed by atoms with Gasteiger partial charge in [-0.2, -0.15) is 0 Å².